The molecule has 0 saturated heterocycles. The molecule has 1 atom stereocenters. The Morgan fingerprint density at radius 1 is 1.07 bits per heavy atom. The van der Waals surface area contributed by atoms with Crippen LogP contribution in [0.2, 0.25) is 0 Å². The van der Waals surface area contributed by atoms with Crippen molar-refractivity contribution in [2.24, 2.45) is 0 Å². The lowest BCUT2D eigenvalue weighted by atomic mass is 9.94. The quantitative estimate of drug-likeness (QED) is 0.633. The van der Waals surface area contributed by atoms with E-state index in [1.807, 2.05) is 26.0 Å². The number of sulfonamides is 1. The number of nitrogens with one attached hydrogen (secondary N) is 2. The van der Waals surface area contributed by atoms with Gasteiger partial charge < -0.3 is 14.8 Å². The van der Waals surface area contributed by atoms with Crippen LogP contribution in [0.4, 0.5) is 5.69 Å². The zero-order valence-electron chi connectivity index (χ0n) is 17.7. The van der Waals surface area contributed by atoms with Crippen molar-refractivity contribution in [1.29, 1.82) is 0 Å². The van der Waals surface area contributed by atoms with Crippen molar-refractivity contribution in [3.05, 3.63) is 48.0 Å². The molecular formula is C22H28N2O5S. The number of hydrogen-bond acceptors (Lipinski definition) is 5. The number of amides is 1. The Kier molecular flexibility index (Phi) is 6.26. The monoisotopic (exact) mass is 432 g/mol. The van der Waals surface area contributed by atoms with Crippen LogP contribution in [0.15, 0.2) is 47.4 Å². The summed E-state index contributed by atoms with van der Waals surface area (Å²) in [6, 6.07) is 11.5. The summed E-state index contributed by atoms with van der Waals surface area (Å²) in [5.41, 5.74) is 0.827. The summed E-state index contributed by atoms with van der Waals surface area (Å²) in [6.45, 7) is 4.02. The van der Waals surface area contributed by atoms with Crippen molar-refractivity contribution in [2.45, 2.75) is 49.5 Å². The van der Waals surface area contributed by atoms with Crippen molar-refractivity contribution in [3.8, 4) is 11.5 Å². The van der Waals surface area contributed by atoms with Crippen LogP contribution in [-0.2, 0) is 20.2 Å². The molecule has 3 rings (SSSR count). The minimum Gasteiger partial charge on any atom is -0.493 e. The summed E-state index contributed by atoms with van der Waals surface area (Å²) < 4.78 is 38.4. The van der Waals surface area contributed by atoms with Crippen molar-refractivity contribution in [2.75, 3.05) is 18.9 Å². The fraction of sp³-hybridized carbons (Fsp3) is 0.409. The van der Waals surface area contributed by atoms with Gasteiger partial charge in [0.2, 0.25) is 5.91 Å². The number of carbonyl (C=O) groups is 1. The van der Waals surface area contributed by atoms with Crippen LogP contribution in [0.3, 0.4) is 0 Å². The third kappa shape index (κ3) is 4.38. The smallest absolute Gasteiger partial charge is 0.262 e. The molecule has 1 fully saturated rings. The molecule has 1 aliphatic rings. The van der Waals surface area contributed by atoms with E-state index < -0.39 is 15.4 Å². The maximum atomic E-state index is 12.8. The second kappa shape index (κ2) is 8.55. The number of ether oxygens (including phenoxy) is 2. The number of anilines is 1. The van der Waals surface area contributed by atoms with Gasteiger partial charge in [0, 0.05) is 17.8 Å². The van der Waals surface area contributed by atoms with Gasteiger partial charge in [0.1, 0.15) is 0 Å². The van der Waals surface area contributed by atoms with Crippen LogP contribution in [0.5, 0.6) is 11.5 Å². The maximum absolute atomic E-state index is 12.8. The van der Waals surface area contributed by atoms with E-state index in [4.69, 9.17) is 9.47 Å². The molecule has 0 unspecified atom stereocenters. The van der Waals surface area contributed by atoms with E-state index in [2.05, 4.69) is 10.0 Å². The standard InChI is InChI=1S/C22H28N2O5S/c1-5-15(2)23-21(25)22(12-13-22)16-6-8-17(9-7-16)24-30(26,27)18-10-11-19(28-3)20(14-18)29-4/h6-11,14-15,24H,5,12-13H2,1-4H3,(H,23,25)/t15-/m1/s1. The fourth-order valence-corrected chi connectivity index (χ4v) is 4.36. The first-order valence-corrected chi connectivity index (χ1v) is 11.4. The molecule has 0 aliphatic heterocycles. The molecular weight excluding hydrogens is 404 g/mol. The highest BCUT2D eigenvalue weighted by Crippen LogP contribution is 2.48. The molecule has 1 amide bonds. The zero-order valence-corrected chi connectivity index (χ0v) is 18.5. The molecule has 1 saturated carbocycles. The molecule has 8 heteroatoms. The predicted octanol–water partition coefficient (Wildman–Crippen LogP) is 3.45. The lowest BCUT2D eigenvalue weighted by Crippen LogP contribution is -2.39. The predicted molar refractivity (Wildman–Crippen MR) is 116 cm³/mol. The molecule has 0 bridgehead atoms. The molecule has 30 heavy (non-hydrogen) atoms. The molecule has 2 N–H and O–H groups in total. The molecule has 2 aromatic rings. The minimum atomic E-state index is -3.80. The Morgan fingerprint density at radius 3 is 2.23 bits per heavy atom. The SMILES string of the molecule is CC[C@@H](C)NC(=O)C1(c2ccc(NS(=O)(=O)c3ccc(OC)c(OC)c3)cc2)CC1. The molecule has 0 aromatic heterocycles. The maximum Gasteiger partial charge on any atom is 0.262 e. The second-order valence-corrected chi connectivity index (χ2v) is 9.25. The van der Waals surface area contributed by atoms with Gasteiger partial charge in [-0.2, -0.15) is 0 Å². The topological polar surface area (TPSA) is 93.7 Å². The molecule has 0 heterocycles. The summed E-state index contributed by atoms with van der Waals surface area (Å²) in [6.07, 6.45) is 2.47. The number of methoxy groups -OCH3 is 2. The first-order valence-electron chi connectivity index (χ1n) is 9.92. The van der Waals surface area contributed by atoms with Gasteiger partial charge in [-0.1, -0.05) is 19.1 Å². The van der Waals surface area contributed by atoms with Gasteiger partial charge in [0.05, 0.1) is 24.5 Å². The fourth-order valence-electron chi connectivity index (χ4n) is 3.29. The molecule has 2 aromatic carbocycles. The van der Waals surface area contributed by atoms with Crippen LogP contribution in [0.25, 0.3) is 0 Å². The molecule has 1 aliphatic carbocycles. The number of rotatable bonds is 9. The Morgan fingerprint density at radius 2 is 1.70 bits per heavy atom. The molecule has 7 nitrogen and oxygen atoms in total. The zero-order chi connectivity index (χ0) is 21.9. The van der Waals surface area contributed by atoms with Crippen LogP contribution in [-0.4, -0.2) is 34.6 Å². The Labute approximate surface area is 177 Å². The normalized spacial score (nSPS) is 15.7. The van der Waals surface area contributed by atoms with Crippen LogP contribution < -0.4 is 19.5 Å². The van der Waals surface area contributed by atoms with E-state index in [0.717, 1.165) is 24.8 Å². The summed E-state index contributed by atoms with van der Waals surface area (Å²) in [7, 11) is -0.866. The molecule has 0 spiro atoms. The molecule has 0 radical (unpaired) electrons. The van der Waals surface area contributed by atoms with E-state index >= 15 is 0 Å². The highest BCUT2D eigenvalue weighted by atomic mass is 32.2. The first kappa shape index (κ1) is 22.0. The first-order chi connectivity index (χ1) is 14.3. The van der Waals surface area contributed by atoms with Gasteiger partial charge in [-0.25, -0.2) is 8.42 Å². The Hall–Kier alpha value is -2.74. The van der Waals surface area contributed by atoms with Crippen LogP contribution in [0.1, 0.15) is 38.7 Å². The largest absolute Gasteiger partial charge is 0.493 e. The van der Waals surface area contributed by atoms with Gasteiger partial charge in [0.25, 0.3) is 10.0 Å². The van der Waals surface area contributed by atoms with Gasteiger partial charge >= 0.3 is 0 Å². The summed E-state index contributed by atoms with van der Waals surface area (Å²) >= 11 is 0. The number of hydrogen-bond donors (Lipinski definition) is 2. The van der Waals surface area contributed by atoms with Gasteiger partial charge in [-0.3, -0.25) is 9.52 Å². The minimum absolute atomic E-state index is 0.0375. The molecule has 162 valence electrons. The van der Waals surface area contributed by atoms with Crippen LogP contribution in [0, 0.1) is 0 Å². The van der Waals surface area contributed by atoms with E-state index in [1.54, 1.807) is 18.2 Å². The average Bonchev–Trinajstić information content (AvgIpc) is 3.55. The lowest BCUT2D eigenvalue weighted by molar-refractivity contribution is -0.124. The van der Waals surface area contributed by atoms with Gasteiger partial charge in [-0.15, -0.1) is 0 Å². The third-order valence-electron chi connectivity index (χ3n) is 5.53. The van der Waals surface area contributed by atoms with E-state index in [1.165, 1.54) is 26.4 Å². The van der Waals surface area contributed by atoms with Crippen LogP contribution >= 0.6 is 0 Å². The van der Waals surface area contributed by atoms with Crippen molar-refractivity contribution in [3.63, 3.8) is 0 Å². The highest BCUT2D eigenvalue weighted by Gasteiger charge is 2.51. The van der Waals surface area contributed by atoms with Crippen molar-refractivity contribution in [1.82, 2.24) is 5.32 Å². The summed E-state index contributed by atoms with van der Waals surface area (Å²) in [4.78, 5) is 12.7. The summed E-state index contributed by atoms with van der Waals surface area (Å²) in [5.74, 6) is 0.820. The number of benzene rings is 2. The number of carbonyl (C=O) groups excluding carboxylic acids is 1. The van der Waals surface area contributed by atoms with Gasteiger partial charge in [0.15, 0.2) is 11.5 Å². The van der Waals surface area contributed by atoms with E-state index in [9.17, 15) is 13.2 Å². The average molecular weight is 433 g/mol. The van der Waals surface area contributed by atoms with E-state index in [0.29, 0.717) is 17.2 Å². The lowest BCUT2D eigenvalue weighted by Gasteiger charge is -2.19. The van der Waals surface area contributed by atoms with Gasteiger partial charge in [-0.05, 0) is 56.0 Å². The third-order valence-corrected chi connectivity index (χ3v) is 6.91. The summed E-state index contributed by atoms with van der Waals surface area (Å²) in [5, 5.41) is 3.05. The Bertz CT molecular complexity index is 1010. The second-order valence-electron chi connectivity index (χ2n) is 7.56. The van der Waals surface area contributed by atoms with Crippen molar-refractivity contribution < 1.29 is 22.7 Å². The Balaban J connectivity index is 1.76. The van der Waals surface area contributed by atoms with E-state index in [-0.39, 0.29) is 16.8 Å². The van der Waals surface area contributed by atoms with Crippen molar-refractivity contribution >= 4 is 21.6 Å². The highest BCUT2D eigenvalue weighted by molar-refractivity contribution is 7.92.